The zero-order valence-electron chi connectivity index (χ0n) is 11.1. The van der Waals surface area contributed by atoms with Crippen LogP contribution in [0.25, 0.3) is 0 Å². The Bertz CT molecular complexity index is 615. The summed E-state index contributed by atoms with van der Waals surface area (Å²) in [6.45, 7) is 1.07. The maximum atomic E-state index is 12.5. The van der Waals surface area contributed by atoms with Gasteiger partial charge in [0.2, 0.25) is 0 Å². The van der Waals surface area contributed by atoms with E-state index in [1.807, 2.05) is 42.5 Å². The lowest BCUT2D eigenvalue weighted by atomic mass is 9.98. The summed E-state index contributed by atoms with van der Waals surface area (Å²) in [5, 5.41) is 3.47. The number of carbonyl (C=O) groups excluding carboxylic acids is 1. The molecule has 0 amide bonds. The maximum absolute atomic E-state index is 12.5. The van der Waals surface area contributed by atoms with E-state index in [4.69, 9.17) is 0 Å². The van der Waals surface area contributed by atoms with Crippen molar-refractivity contribution in [1.82, 2.24) is 5.32 Å². The van der Waals surface area contributed by atoms with E-state index in [9.17, 15) is 4.79 Å². The SMILES string of the molecule is O=C(c1ccc(Br)cc1)c1cccc([C@@H]2CCCN2)c1. The number of rotatable bonds is 3. The Morgan fingerprint density at radius 2 is 1.90 bits per heavy atom. The number of hydrogen-bond acceptors (Lipinski definition) is 2. The van der Waals surface area contributed by atoms with Crippen molar-refractivity contribution in [2.45, 2.75) is 18.9 Å². The molecular weight excluding hydrogens is 314 g/mol. The van der Waals surface area contributed by atoms with Gasteiger partial charge < -0.3 is 5.32 Å². The smallest absolute Gasteiger partial charge is 0.193 e. The summed E-state index contributed by atoms with van der Waals surface area (Å²) < 4.78 is 0.984. The van der Waals surface area contributed by atoms with Crippen molar-refractivity contribution in [3.05, 3.63) is 69.7 Å². The Morgan fingerprint density at radius 3 is 2.60 bits per heavy atom. The molecule has 2 aromatic rings. The maximum Gasteiger partial charge on any atom is 0.193 e. The molecule has 0 unspecified atom stereocenters. The van der Waals surface area contributed by atoms with Crippen molar-refractivity contribution in [1.29, 1.82) is 0 Å². The lowest BCUT2D eigenvalue weighted by Gasteiger charge is -2.11. The molecule has 0 aromatic heterocycles. The number of hydrogen-bond donors (Lipinski definition) is 1. The highest BCUT2D eigenvalue weighted by atomic mass is 79.9. The van der Waals surface area contributed by atoms with Crippen molar-refractivity contribution >= 4 is 21.7 Å². The van der Waals surface area contributed by atoms with Gasteiger partial charge in [0.1, 0.15) is 0 Å². The normalized spacial score (nSPS) is 18.1. The van der Waals surface area contributed by atoms with Crippen LogP contribution in [0.5, 0.6) is 0 Å². The summed E-state index contributed by atoms with van der Waals surface area (Å²) in [6.07, 6.45) is 2.35. The van der Waals surface area contributed by atoms with Crippen LogP contribution in [0.4, 0.5) is 0 Å². The summed E-state index contributed by atoms with van der Waals surface area (Å²) in [4.78, 5) is 12.5. The van der Waals surface area contributed by atoms with Gasteiger partial charge in [0, 0.05) is 21.6 Å². The van der Waals surface area contributed by atoms with Crippen LogP contribution in [0.2, 0.25) is 0 Å². The Kier molecular flexibility index (Phi) is 3.99. The van der Waals surface area contributed by atoms with E-state index in [1.165, 1.54) is 12.0 Å². The largest absolute Gasteiger partial charge is 0.310 e. The van der Waals surface area contributed by atoms with Gasteiger partial charge in [-0.25, -0.2) is 0 Å². The first-order valence-corrected chi connectivity index (χ1v) is 7.67. The number of carbonyl (C=O) groups is 1. The standard InChI is InChI=1S/C17H16BrNO/c18-15-8-6-12(7-9-15)17(20)14-4-1-3-13(11-14)16-5-2-10-19-16/h1,3-4,6-9,11,16,19H,2,5,10H2/t16-/m0/s1. The highest BCUT2D eigenvalue weighted by molar-refractivity contribution is 9.10. The minimum Gasteiger partial charge on any atom is -0.310 e. The first-order valence-electron chi connectivity index (χ1n) is 6.87. The number of halogens is 1. The van der Waals surface area contributed by atoms with E-state index < -0.39 is 0 Å². The van der Waals surface area contributed by atoms with Gasteiger partial charge in [0.25, 0.3) is 0 Å². The fourth-order valence-corrected chi connectivity index (χ4v) is 2.90. The molecule has 102 valence electrons. The van der Waals surface area contributed by atoms with Crippen molar-refractivity contribution in [2.24, 2.45) is 0 Å². The summed E-state index contributed by atoms with van der Waals surface area (Å²) >= 11 is 3.39. The van der Waals surface area contributed by atoms with Crippen LogP contribution in [-0.4, -0.2) is 12.3 Å². The highest BCUT2D eigenvalue weighted by Crippen LogP contribution is 2.24. The third-order valence-corrected chi connectivity index (χ3v) is 4.25. The Labute approximate surface area is 127 Å². The fourth-order valence-electron chi connectivity index (χ4n) is 2.63. The minimum atomic E-state index is 0.0809. The molecule has 20 heavy (non-hydrogen) atoms. The minimum absolute atomic E-state index is 0.0809. The van der Waals surface area contributed by atoms with Gasteiger partial charge in [-0.1, -0.05) is 34.1 Å². The van der Waals surface area contributed by atoms with Crippen LogP contribution < -0.4 is 5.32 Å². The summed E-state index contributed by atoms with van der Waals surface area (Å²) in [5.74, 6) is 0.0809. The number of benzene rings is 2. The molecule has 2 aromatic carbocycles. The molecule has 3 rings (SSSR count). The molecule has 0 spiro atoms. The van der Waals surface area contributed by atoms with Gasteiger partial charge >= 0.3 is 0 Å². The van der Waals surface area contributed by atoms with E-state index in [0.717, 1.165) is 28.6 Å². The van der Waals surface area contributed by atoms with Crippen LogP contribution in [0.3, 0.4) is 0 Å². The second-order valence-corrected chi connectivity index (χ2v) is 6.03. The van der Waals surface area contributed by atoms with E-state index in [2.05, 4.69) is 27.3 Å². The Morgan fingerprint density at radius 1 is 1.10 bits per heavy atom. The summed E-state index contributed by atoms with van der Waals surface area (Å²) in [6, 6.07) is 15.9. The first kappa shape index (κ1) is 13.5. The van der Waals surface area contributed by atoms with Crippen LogP contribution in [0.1, 0.15) is 40.4 Å². The van der Waals surface area contributed by atoms with Crippen LogP contribution >= 0.6 is 15.9 Å². The lowest BCUT2D eigenvalue weighted by Crippen LogP contribution is -2.13. The monoisotopic (exact) mass is 329 g/mol. The summed E-state index contributed by atoms with van der Waals surface area (Å²) in [7, 11) is 0. The average Bonchev–Trinajstić information content (AvgIpc) is 3.02. The van der Waals surface area contributed by atoms with Crippen LogP contribution in [-0.2, 0) is 0 Å². The molecule has 1 heterocycles. The molecule has 0 saturated carbocycles. The molecule has 0 radical (unpaired) electrons. The molecule has 1 fully saturated rings. The quantitative estimate of drug-likeness (QED) is 0.859. The predicted molar refractivity (Wildman–Crippen MR) is 84.0 cm³/mol. The van der Waals surface area contributed by atoms with Crippen molar-refractivity contribution in [3.8, 4) is 0 Å². The fraction of sp³-hybridized carbons (Fsp3) is 0.235. The van der Waals surface area contributed by atoms with Crippen LogP contribution in [0.15, 0.2) is 53.0 Å². The van der Waals surface area contributed by atoms with E-state index in [-0.39, 0.29) is 5.78 Å². The third kappa shape index (κ3) is 2.84. The van der Waals surface area contributed by atoms with Gasteiger partial charge in [-0.05, 0) is 55.3 Å². The Balaban J connectivity index is 1.87. The molecule has 0 bridgehead atoms. The third-order valence-electron chi connectivity index (χ3n) is 3.72. The number of nitrogens with one attached hydrogen (secondary N) is 1. The molecule has 1 saturated heterocycles. The van der Waals surface area contributed by atoms with Gasteiger partial charge in [-0.15, -0.1) is 0 Å². The van der Waals surface area contributed by atoms with E-state index >= 15 is 0 Å². The topological polar surface area (TPSA) is 29.1 Å². The molecule has 3 heteroatoms. The zero-order chi connectivity index (χ0) is 13.9. The van der Waals surface area contributed by atoms with Gasteiger partial charge in [0.15, 0.2) is 5.78 Å². The zero-order valence-corrected chi connectivity index (χ0v) is 12.7. The van der Waals surface area contributed by atoms with Gasteiger partial charge in [-0.2, -0.15) is 0 Å². The van der Waals surface area contributed by atoms with Crippen molar-refractivity contribution < 1.29 is 4.79 Å². The van der Waals surface area contributed by atoms with Gasteiger partial charge in [-0.3, -0.25) is 4.79 Å². The van der Waals surface area contributed by atoms with Gasteiger partial charge in [0.05, 0.1) is 0 Å². The molecule has 1 aliphatic heterocycles. The summed E-state index contributed by atoms with van der Waals surface area (Å²) in [5.41, 5.74) is 2.70. The first-order chi connectivity index (χ1) is 9.74. The van der Waals surface area contributed by atoms with Crippen molar-refractivity contribution in [2.75, 3.05) is 6.54 Å². The molecule has 2 nitrogen and oxygen atoms in total. The van der Waals surface area contributed by atoms with E-state index in [1.54, 1.807) is 0 Å². The van der Waals surface area contributed by atoms with Crippen molar-refractivity contribution in [3.63, 3.8) is 0 Å². The predicted octanol–water partition coefficient (Wildman–Crippen LogP) is 4.10. The molecule has 1 N–H and O–H groups in total. The van der Waals surface area contributed by atoms with E-state index in [0.29, 0.717) is 6.04 Å². The second kappa shape index (κ2) is 5.90. The Hall–Kier alpha value is -1.45. The number of ketones is 1. The lowest BCUT2D eigenvalue weighted by molar-refractivity contribution is 0.103. The average molecular weight is 330 g/mol. The molecule has 1 aliphatic rings. The highest BCUT2D eigenvalue weighted by Gasteiger charge is 2.17. The second-order valence-electron chi connectivity index (χ2n) is 5.11. The van der Waals surface area contributed by atoms with Crippen LogP contribution in [0, 0.1) is 0 Å². The molecular formula is C17H16BrNO. The molecule has 1 atom stereocenters. The molecule has 0 aliphatic carbocycles.